The van der Waals surface area contributed by atoms with Crippen molar-refractivity contribution in [3.05, 3.63) is 65.2 Å². The molecule has 0 aromatic heterocycles. The average Bonchev–Trinajstić information content (AvgIpc) is 2.99. The van der Waals surface area contributed by atoms with Crippen LogP contribution >= 0.6 is 0 Å². The smallest absolute Gasteiger partial charge is 0.133 e. The van der Waals surface area contributed by atoms with Crippen LogP contribution in [-0.4, -0.2) is 12.4 Å². The van der Waals surface area contributed by atoms with Crippen molar-refractivity contribution in [1.29, 1.82) is 0 Å². The molecule has 0 radical (unpaired) electrons. The van der Waals surface area contributed by atoms with Crippen LogP contribution < -0.4 is 4.74 Å². The van der Waals surface area contributed by atoms with E-state index in [1.807, 2.05) is 24.3 Å². The molecular formula is C19H20O2. The first-order valence-electron chi connectivity index (χ1n) is 7.61. The van der Waals surface area contributed by atoms with Crippen LogP contribution in [0.1, 0.15) is 29.5 Å². The summed E-state index contributed by atoms with van der Waals surface area (Å²) in [6, 6.07) is 16.5. The molecule has 1 aliphatic rings. The Morgan fingerprint density at radius 1 is 0.952 bits per heavy atom. The molecular weight excluding hydrogens is 260 g/mol. The van der Waals surface area contributed by atoms with E-state index in [4.69, 9.17) is 4.74 Å². The van der Waals surface area contributed by atoms with Gasteiger partial charge in [-0.05, 0) is 35.6 Å². The SMILES string of the molecule is O=C(CCc1ccccc1)CCc1ccc2c(c1)CCO2. The van der Waals surface area contributed by atoms with Crippen molar-refractivity contribution in [3.8, 4) is 5.75 Å². The summed E-state index contributed by atoms with van der Waals surface area (Å²) in [5, 5.41) is 0. The number of hydrogen-bond acceptors (Lipinski definition) is 2. The summed E-state index contributed by atoms with van der Waals surface area (Å²) in [5.41, 5.74) is 3.76. The Morgan fingerprint density at radius 3 is 2.52 bits per heavy atom. The maximum absolute atomic E-state index is 12.0. The number of Topliss-reactive ketones (excluding diaryl/α,β-unsaturated/α-hetero) is 1. The molecule has 0 saturated heterocycles. The Balaban J connectivity index is 1.47. The lowest BCUT2D eigenvalue weighted by Crippen LogP contribution is -2.02. The van der Waals surface area contributed by atoms with Gasteiger partial charge in [-0.2, -0.15) is 0 Å². The number of aryl methyl sites for hydroxylation is 2. The number of carbonyl (C=O) groups excluding carboxylic acids is 1. The predicted octanol–water partition coefficient (Wildman–Crippen LogP) is 3.76. The summed E-state index contributed by atoms with van der Waals surface area (Å²) < 4.78 is 5.50. The number of benzene rings is 2. The third-order valence-corrected chi connectivity index (χ3v) is 3.98. The second-order valence-corrected chi connectivity index (χ2v) is 5.56. The molecule has 2 aromatic rings. The second kappa shape index (κ2) is 6.57. The lowest BCUT2D eigenvalue weighted by atomic mass is 10.0. The van der Waals surface area contributed by atoms with E-state index in [2.05, 4.69) is 24.3 Å². The van der Waals surface area contributed by atoms with Crippen molar-refractivity contribution in [3.63, 3.8) is 0 Å². The summed E-state index contributed by atoms with van der Waals surface area (Å²) in [5.74, 6) is 1.35. The van der Waals surface area contributed by atoms with Gasteiger partial charge in [0, 0.05) is 19.3 Å². The van der Waals surface area contributed by atoms with Gasteiger partial charge in [0.25, 0.3) is 0 Å². The minimum Gasteiger partial charge on any atom is -0.493 e. The molecule has 2 heteroatoms. The first kappa shape index (κ1) is 13.9. The summed E-state index contributed by atoms with van der Waals surface area (Å²) in [6.07, 6.45) is 3.94. The zero-order valence-electron chi connectivity index (χ0n) is 12.2. The molecule has 0 N–H and O–H groups in total. The minimum absolute atomic E-state index is 0.343. The highest BCUT2D eigenvalue weighted by atomic mass is 16.5. The maximum Gasteiger partial charge on any atom is 0.133 e. The fourth-order valence-electron chi connectivity index (χ4n) is 2.73. The number of rotatable bonds is 6. The minimum atomic E-state index is 0.343. The van der Waals surface area contributed by atoms with Crippen molar-refractivity contribution < 1.29 is 9.53 Å². The van der Waals surface area contributed by atoms with Gasteiger partial charge in [-0.3, -0.25) is 4.79 Å². The van der Waals surface area contributed by atoms with Crippen LogP contribution in [0, 0.1) is 0 Å². The Labute approximate surface area is 125 Å². The molecule has 1 heterocycles. The highest BCUT2D eigenvalue weighted by Gasteiger charge is 2.12. The molecule has 0 spiro atoms. The van der Waals surface area contributed by atoms with Crippen molar-refractivity contribution in [2.24, 2.45) is 0 Å². The molecule has 0 atom stereocenters. The van der Waals surface area contributed by atoms with E-state index in [-0.39, 0.29) is 0 Å². The number of fused-ring (bicyclic) bond motifs is 1. The van der Waals surface area contributed by atoms with Crippen molar-refractivity contribution in [1.82, 2.24) is 0 Å². The first-order valence-corrected chi connectivity index (χ1v) is 7.61. The predicted molar refractivity (Wildman–Crippen MR) is 83.7 cm³/mol. The van der Waals surface area contributed by atoms with E-state index in [1.54, 1.807) is 0 Å². The Morgan fingerprint density at radius 2 is 1.71 bits per heavy atom. The van der Waals surface area contributed by atoms with E-state index in [9.17, 15) is 4.79 Å². The second-order valence-electron chi connectivity index (χ2n) is 5.56. The van der Waals surface area contributed by atoms with Gasteiger partial charge in [-0.25, -0.2) is 0 Å². The molecule has 0 fully saturated rings. The molecule has 0 saturated carbocycles. The highest BCUT2D eigenvalue weighted by Crippen LogP contribution is 2.26. The lowest BCUT2D eigenvalue weighted by Gasteiger charge is -2.04. The van der Waals surface area contributed by atoms with E-state index in [1.165, 1.54) is 16.7 Å². The molecule has 0 bridgehead atoms. The van der Waals surface area contributed by atoms with Gasteiger partial charge < -0.3 is 4.74 Å². The molecule has 21 heavy (non-hydrogen) atoms. The van der Waals surface area contributed by atoms with Gasteiger partial charge in [0.15, 0.2) is 0 Å². The number of hydrogen-bond donors (Lipinski definition) is 0. The monoisotopic (exact) mass is 280 g/mol. The van der Waals surface area contributed by atoms with E-state index >= 15 is 0 Å². The van der Waals surface area contributed by atoms with E-state index < -0.39 is 0 Å². The average molecular weight is 280 g/mol. The molecule has 1 aliphatic heterocycles. The van der Waals surface area contributed by atoms with Crippen molar-refractivity contribution in [2.45, 2.75) is 32.1 Å². The third-order valence-electron chi connectivity index (χ3n) is 3.98. The summed E-state index contributed by atoms with van der Waals surface area (Å²) in [6.45, 7) is 0.787. The first-order chi connectivity index (χ1) is 10.3. The van der Waals surface area contributed by atoms with Crippen LogP contribution in [0.2, 0.25) is 0 Å². The van der Waals surface area contributed by atoms with E-state index in [0.717, 1.165) is 31.6 Å². The van der Waals surface area contributed by atoms with Crippen LogP contribution in [0.4, 0.5) is 0 Å². The molecule has 0 aliphatic carbocycles. The third kappa shape index (κ3) is 3.72. The van der Waals surface area contributed by atoms with Crippen LogP contribution in [0.5, 0.6) is 5.75 Å². The largest absolute Gasteiger partial charge is 0.493 e. The van der Waals surface area contributed by atoms with Gasteiger partial charge in [0.2, 0.25) is 0 Å². The normalized spacial score (nSPS) is 12.8. The fourth-order valence-corrected chi connectivity index (χ4v) is 2.73. The van der Waals surface area contributed by atoms with Crippen LogP contribution in [0.15, 0.2) is 48.5 Å². The number of ether oxygens (including phenoxy) is 1. The maximum atomic E-state index is 12.0. The standard InChI is InChI=1S/C19H20O2/c20-18(9-6-15-4-2-1-3-5-15)10-7-16-8-11-19-17(14-16)12-13-21-19/h1-5,8,11,14H,6-7,9-10,12-13H2. The zero-order valence-corrected chi connectivity index (χ0v) is 12.2. The molecule has 2 aromatic carbocycles. The number of ketones is 1. The Hall–Kier alpha value is -2.09. The molecule has 108 valence electrons. The lowest BCUT2D eigenvalue weighted by molar-refractivity contribution is -0.119. The van der Waals surface area contributed by atoms with Gasteiger partial charge in [0.05, 0.1) is 6.61 Å². The van der Waals surface area contributed by atoms with Gasteiger partial charge >= 0.3 is 0 Å². The Kier molecular flexibility index (Phi) is 4.34. The van der Waals surface area contributed by atoms with Crippen LogP contribution in [0.25, 0.3) is 0 Å². The van der Waals surface area contributed by atoms with Gasteiger partial charge in [-0.1, -0.05) is 42.5 Å². The van der Waals surface area contributed by atoms with Gasteiger partial charge in [-0.15, -0.1) is 0 Å². The molecule has 0 unspecified atom stereocenters. The fraction of sp³-hybridized carbons (Fsp3) is 0.316. The topological polar surface area (TPSA) is 26.3 Å². The molecule has 3 rings (SSSR count). The van der Waals surface area contributed by atoms with Crippen LogP contribution in [0.3, 0.4) is 0 Å². The molecule has 0 amide bonds. The number of carbonyl (C=O) groups is 1. The van der Waals surface area contributed by atoms with Crippen LogP contribution in [-0.2, 0) is 24.1 Å². The highest BCUT2D eigenvalue weighted by molar-refractivity contribution is 5.78. The van der Waals surface area contributed by atoms with Gasteiger partial charge in [0.1, 0.15) is 11.5 Å². The quantitative estimate of drug-likeness (QED) is 0.805. The Bertz CT molecular complexity index is 617. The zero-order chi connectivity index (χ0) is 14.5. The summed E-state index contributed by atoms with van der Waals surface area (Å²) in [4.78, 5) is 12.0. The summed E-state index contributed by atoms with van der Waals surface area (Å²) >= 11 is 0. The molecule has 2 nitrogen and oxygen atoms in total. The van der Waals surface area contributed by atoms with E-state index in [0.29, 0.717) is 18.6 Å². The van der Waals surface area contributed by atoms with Crippen molar-refractivity contribution in [2.75, 3.05) is 6.61 Å². The summed E-state index contributed by atoms with van der Waals surface area (Å²) in [7, 11) is 0. The van der Waals surface area contributed by atoms with Crippen molar-refractivity contribution >= 4 is 5.78 Å².